The zero-order valence-electron chi connectivity index (χ0n) is 11.4. The normalized spacial score (nSPS) is 11.9. The first-order valence-corrected chi connectivity index (χ1v) is 6.13. The van der Waals surface area contributed by atoms with Crippen LogP contribution in [0.5, 0.6) is 0 Å². The molecular weight excluding hydrogens is 281 g/mol. The van der Waals surface area contributed by atoms with Crippen molar-refractivity contribution < 1.29 is 13.2 Å². The second-order valence-corrected chi connectivity index (χ2v) is 4.46. The summed E-state index contributed by atoms with van der Waals surface area (Å²) in [6, 6.07) is 6.53. The van der Waals surface area contributed by atoms with Crippen LogP contribution in [0.15, 0.2) is 35.4 Å². The van der Waals surface area contributed by atoms with Gasteiger partial charge in [-0.15, -0.1) is 0 Å². The molecule has 0 aliphatic carbocycles. The van der Waals surface area contributed by atoms with Crippen LogP contribution >= 0.6 is 0 Å². The van der Waals surface area contributed by atoms with Gasteiger partial charge in [0.1, 0.15) is 0 Å². The fourth-order valence-corrected chi connectivity index (χ4v) is 1.70. The topological polar surface area (TPSA) is 50.2 Å². The lowest BCUT2D eigenvalue weighted by Crippen LogP contribution is -2.04. The van der Waals surface area contributed by atoms with Crippen molar-refractivity contribution in [2.45, 2.75) is 20.0 Å². The largest absolute Gasteiger partial charge is 0.416 e. The molecule has 110 valence electrons. The first-order chi connectivity index (χ1) is 9.84. The second kappa shape index (κ2) is 5.90. The first-order valence-electron chi connectivity index (χ1n) is 6.13. The second-order valence-electron chi connectivity index (χ2n) is 4.46. The Morgan fingerprint density at radius 1 is 1.05 bits per heavy atom. The minimum atomic E-state index is -4.33. The lowest BCUT2D eigenvalue weighted by molar-refractivity contribution is -0.137. The van der Waals surface area contributed by atoms with Crippen molar-refractivity contribution in [3.63, 3.8) is 0 Å². The van der Waals surface area contributed by atoms with Gasteiger partial charge < -0.3 is 0 Å². The first kappa shape index (κ1) is 15.0. The number of halogens is 3. The van der Waals surface area contributed by atoms with Crippen LogP contribution in [0.1, 0.15) is 22.5 Å². The molecule has 0 amide bonds. The van der Waals surface area contributed by atoms with Gasteiger partial charge in [-0.1, -0.05) is 12.1 Å². The van der Waals surface area contributed by atoms with Crippen LogP contribution in [0, 0.1) is 13.8 Å². The summed E-state index contributed by atoms with van der Waals surface area (Å²) in [5.41, 5.74) is 4.10. The summed E-state index contributed by atoms with van der Waals surface area (Å²) in [4.78, 5) is 8.25. The van der Waals surface area contributed by atoms with Crippen molar-refractivity contribution in [2.75, 3.05) is 5.43 Å². The molecule has 0 aliphatic rings. The fraction of sp³-hybridized carbons (Fsp3) is 0.214. The van der Waals surface area contributed by atoms with Crippen molar-refractivity contribution >= 4 is 12.2 Å². The minimum Gasteiger partial charge on any atom is -0.245 e. The average Bonchev–Trinajstić information content (AvgIpc) is 2.37. The molecular formula is C14H13F3N4. The Balaban J connectivity index is 2.04. The molecule has 0 aliphatic heterocycles. The summed E-state index contributed by atoms with van der Waals surface area (Å²) in [6.45, 7) is 3.67. The maximum absolute atomic E-state index is 12.4. The van der Waals surface area contributed by atoms with E-state index in [1.54, 1.807) is 0 Å². The number of alkyl halides is 3. The van der Waals surface area contributed by atoms with Crippen LogP contribution in [-0.4, -0.2) is 16.2 Å². The lowest BCUT2D eigenvalue weighted by Gasteiger charge is -2.05. The van der Waals surface area contributed by atoms with Gasteiger partial charge in [0.2, 0.25) is 5.95 Å². The van der Waals surface area contributed by atoms with Gasteiger partial charge in [0.25, 0.3) is 0 Å². The predicted molar refractivity (Wildman–Crippen MR) is 74.2 cm³/mol. The molecule has 1 aromatic carbocycles. The van der Waals surface area contributed by atoms with E-state index in [2.05, 4.69) is 20.5 Å². The molecule has 1 N–H and O–H groups in total. The number of aryl methyl sites for hydroxylation is 2. The molecule has 21 heavy (non-hydrogen) atoms. The van der Waals surface area contributed by atoms with Crippen molar-refractivity contribution in [1.29, 1.82) is 0 Å². The van der Waals surface area contributed by atoms with Gasteiger partial charge in [-0.05, 0) is 37.6 Å². The number of nitrogens with one attached hydrogen (secondary N) is 1. The molecule has 0 saturated carbocycles. The van der Waals surface area contributed by atoms with Gasteiger partial charge in [-0.25, -0.2) is 15.4 Å². The van der Waals surface area contributed by atoms with E-state index in [9.17, 15) is 13.2 Å². The average molecular weight is 294 g/mol. The summed E-state index contributed by atoms with van der Waals surface area (Å²) in [7, 11) is 0. The van der Waals surface area contributed by atoms with Gasteiger partial charge in [0, 0.05) is 11.4 Å². The van der Waals surface area contributed by atoms with Crippen molar-refractivity contribution in [3.05, 3.63) is 52.8 Å². The number of hydrazone groups is 1. The standard InChI is InChI=1S/C14H13F3N4/c1-9-7-10(2)20-13(19-9)21-18-8-11-3-5-12(6-4-11)14(15,16)17/h3-8H,1-2H3,(H,19,20,21)/b18-8-. The highest BCUT2D eigenvalue weighted by Crippen LogP contribution is 2.28. The number of rotatable bonds is 3. The van der Waals surface area contributed by atoms with Crippen LogP contribution < -0.4 is 5.43 Å². The van der Waals surface area contributed by atoms with Gasteiger partial charge in [0.15, 0.2) is 0 Å². The number of benzene rings is 1. The van der Waals surface area contributed by atoms with E-state index in [1.807, 2.05) is 19.9 Å². The zero-order chi connectivity index (χ0) is 15.5. The lowest BCUT2D eigenvalue weighted by atomic mass is 10.1. The number of aromatic nitrogens is 2. The molecule has 0 radical (unpaired) electrons. The maximum Gasteiger partial charge on any atom is 0.416 e. The van der Waals surface area contributed by atoms with Gasteiger partial charge in [-0.2, -0.15) is 18.3 Å². The number of anilines is 1. The molecule has 0 fully saturated rings. The molecule has 7 heteroatoms. The van der Waals surface area contributed by atoms with Crippen LogP contribution in [0.2, 0.25) is 0 Å². The quantitative estimate of drug-likeness (QED) is 0.695. The van der Waals surface area contributed by atoms with Crippen LogP contribution in [0.25, 0.3) is 0 Å². The van der Waals surface area contributed by atoms with E-state index in [4.69, 9.17) is 0 Å². The smallest absolute Gasteiger partial charge is 0.245 e. The highest BCUT2D eigenvalue weighted by Gasteiger charge is 2.29. The van der Waals surface area contributed by atoms with Crippen molar-refractivity contribution in [2.24, 2.45) is 5.10 Å². The highest BCUT2D eigenvalue weighted by atomic mass is 19.4. The molecule has 0 bridgehead atoms. The van der Waals surface area contributed by atoms with Gasteiger partial charge >= 0.3 is 6.18 Å². The van der Waals surface area contributed by atoms with E-state index < -0.39 is 11.7 Å². The molecule has 2 aromatic rings. The van der Waals surface area contributed by atoms with Gasteiger partial charge in [0.05, 0.1) is 11.8 Å². The van der Waals surface area contributed by atoms with Crippen LogP contribution in [0.3, 0.4) is 0 Å². The molecule has 0 saturated heterocycles. The Morgan fingerprint density at radius 3 is 2.14 bits per heavy atom. The maximum atomic E-state index is 12.4. The monoisotopic (exact) mass is 294 g/mol. The third kappa shape index (κ3) is 4.27. The number of hydrogen-bond donors (Lipinski definition) is 1. The predicted octanol–water partition coefficient (Wildman–Crippen LogP) is 3.56. The minimum absolute atomic E-state index is 0.343. The molecule has 0 spiro atoms. The SMILES string of the molecule is Cc1cc(C)nc(N/N=C\c2ccc(C(F)(F)F)cc2)n1. The van der Waals surface area contributed by atoms with E-state index in [0.717, 1.165) is 23.5 Å². The number of nitrogens with zero attached hydrogens (tertiary/aromatic N) is 3. The van der Waals surface area contributed by atoms with Crippen molar-refractivity contribution in [1.82, 2.24) is 9.97 Å². The summed E-state index contributed by atoms with van der Waals surface area (Å²) in [5, 5.41) is 3.90. The van der Waals surface area contributed by atoms with E-state index in [0.29, 0.717) is 11.5 Å². The molecule has 0 unspecified atom stereocenters. The molecule has 4 nitrogen and oxygen atoms in total. The Labute approximate surface area is 119 Å². The van der Waals surface area contributed by atoms with Crippen molar-refractivity contribution in [3.8, 4) is 0 Å². The fourth-order valence-electron chi connectivity index (χ4n) is 1.70. The third-order valence-corrected chi connectivity index (χ3v) is 2.60. The van der Waals surface area contributed by atoms with Crippen LogP contribution in [0.4, 0.5) is 19.1 Å². The zero-order valence-corrected chi connectivity index (χ0v) is 11.4. The van der Waals surface area contributed by atoms with E-state index in [-0.39, 0.29) is 0 Å². The third-order valence-electron chi connectivity index (χ3n) is 2.60. The molecule has 0 atom stereocenters. The summed E-state index contributed by atoms with van der Waals surface area (Å²) in [6.07, 6.45) is -2.93. The molecule has 1 aromatic heterocycles. The summed E-state index contributed by atoms with van der Waals surface area (Å²) in [5.74, 6) is 0.343. The molecule has 1 heterocycles. The Hall–Kier alpha value is -2.44. The summed E-state index contributed by atoms with van der Waals surface area (Å²) < 4.78 is 37.2. The Morgan fingerprint density at radius 2 is 1.62 bits per heavy atom. The van der Waals surface area contributed by atoms with Crippen LogP contribution in [-0.2, 0) is 6.18 Å². The Bertz CT molecular complexity index is 628. The summed E-state index contributed by atoms with van der Waals surface area (Å²) >= 11 is 0. The Kier molecular flexibility index (Phi) is 4.21. The highest BCUT2D eigenvalue weighted by molar-refractivity contribution is 5.80. The van der Waals surface area contributed by atoms with E-state index in [1.165, 1.54) is 18.3 Å². The molecule has 2 rings (SSSR count). The number of hydrogen-bond acceptors (Lipinski definition) is 4. The van der Waals surface area contributed by atoms with Gasteiger partial charge in [-0.3, -0.25) is 0 Å². The van der Waals surface area contributed by atoms with E-state index >= 15 is 0 Å².